The fourth-order valence-corrected chi connectivity index (χ4v) is 1.81. The standard InChI is InChI=1S/C6H13FO3S/c1-6(2,3)5(4-7)11(8,9)10/h5H,4H2,1-3H3,(H,8,9,10). The highest BCUT2D eigenvalue weighted by Gasteiger charge is 2.34. The Bertz CT molecular complexity index is 214. The number of hydrogen-bond donors (Lipinski definition) is 1. The van der Waals surface area contributed by atoms with Crippen LogP contribution in [0.2, 0.25) is 0 Å². The lowest BCUT2D eigenvalue weighted by Crippen LogP contribution is -2.35. The van der Waals surface area contributed by atoms with E-state index in [1.54, 1.807) is 20.8 Å². The van der Waals surface area contributed by atoms with Crippen molar-refractivity contribution < 1.29 is 17.4 Å². The van der Waals surface area contributed by atoms with E-state index in [2.05, 4.69) is 0 Å². The van der Waals surface area contributed by atoms with E-state index in [-0.39, 0.29) is 0 Å². The minimum absolute atomic E-state index is 0.762. The van der Waals surface area contributed by atoms with Crippen molar-refractivity contribution in [3.63, 3.8) is 0 Å². The molecule has 0 amide bonds. The largest absolute Gasteiger partial charge is 0.285 e. The van der Waals surface area contributed by atoms with E-state index in [4.69, 9.17) is 4.55 Å². The lowest BCUT2D eigenvalue weighted by atomic mass is 9.92. The molecule has 0 aliphatic heterocycles. The van der Waals surface area contributed by atoms with Crippen LogP contribution in [0.4, 0.5) is 4.39 Å². The molecule has 11 heavy (non-hydrogen) atoms. The van der Waals surface area contributed by atoms with Crippen LogP contribution in [0.15, 0.2) is 0 Å². The van der Waals surface area contributed by atoms with Crippen molar-refractivity contribution in [3.8, 4) is 0 Å². The molecule has 0 bridgehead atoms. The maximum Gasteiger partial charge on any atom is 0.270 e. The van der Waals surface area contributed by atoms with E-state index in [1.807, 2.05) is 0 Å². The van der Waals surface area contributed by atoms with Gasteiger partial charge in [-0.1, -0.05) is 20.8 Å². The Kier molecular flexibility index (Phi) is 3.02. The van der Waals surface area contributed by atoms with Crippen LogP contribution in [-0.2, 0) is 10.1 Å². The van der Waals surface area contributed by atoms with Crippen molar-refractivity contribution in [2.24, 2.45) is 5.41 Å². The lowest BCUT2D eigenvalue weighted by molar-refractivity contribution is 0.300. The third-order valence-electron chi connectivity index (χ3n) is 1.47. The van der Waals surface area contributed by atoms with Gasteiger partial charge in [0.25, 0.3) is 10.1 Å². The van der Waals surface area contributed by atoms with Crippen LogP contribution in [0.1, 0.15) is 20.8 Å². The average Bonchev–Trinajstić information content (AvgIpc) is 1.56. The number of halogens is 1. The predicted molar refractivity (Wildman–Crippen MR) is 40.8 cm³/mol. The molecule has 0 aliphatic carbocycles. The molecule has 0 aliphatic rings. The molecule has 0 aromatic carbocycles. The Morgan fingerprint density at radius 1 is 1.45 bits per heavy atom. The zero-order chi connectivity index (χ0) is 9.28. The maximum atomic E-state index is 12.1. The van der Waals surface area contributed by atoms with E-state index in [9.17, 15) is 12.8 Å². The van der Waals surface area contributed by atoms with Crippen molar-refractivity contribution >= 4 is 10.1 Å². The Hall–Kier alpha value is -0.160. The van der Waals surface area contributed by atoms with E-state index in [0.29, 0.717) is 0 Å². The van der Waals surface area contributed by atoms with E-state index in [0.717, 1.165) is 0 Å². The average molecular weight is 184 g/mol. The summed E-state index contributed by atoms with van der Waals surface area (Å²) < 4.78 is 41.7. The molecule has 0 spiro atoms. The van der Waals surface area contributed by atoms with Gasteiger partial charge in [0.2, 0.25) is 0 Å². The number of rotatable bonds is 2. The number of alkyl halides is 1. The van der Waals surface area contributed by atoms with Crippen LogP contribution in [0, 0.1) is 5.41 Å². The first-order valence-corrected chi connectivity index (χ1v) is 4.72. The molecule has 0 aromatic heterocycles. The van der Waals surface area contributed by atoms with Crippen LogP contribution in [-0.4, -0.2) is 24.9 Å². The molecule has 0 radical (unpaired) electrons. The Labute approximate surface area is 66.4 Å². The summed E-state index contributed by atoms with van der Waals surface area (Å²) in [6.45, 7) is 3.63. The molecule has 68 valence electrons. The summed E-state index contributed by atoms with van der Waals surface area (Å²) in [5, 5.41) is -1.32. The molecule has 0 heterocycles. The molecule has 1 atom stereocenters. The SMILES string of the molecule is CC(C)(C)C(CF)S(=O)(=O)O. The van der Waals surface area contributed by atoms with Gasteiger partial charge in [0.1, 0.15) is 11.9 Å². The summed E-state index contributed by atoms with van der Waals surface area (Å²) in [5.41, 5.74) is -0.762. The quantitative estimate of drug-likeness (QED) is 0.657. The third-order valence-corrected chi connectivity index (χ3v) is 3.02. The highest BCUT2D eigenvalue weighted by Crippen LogP contribution is 2.25. The minimum atomic E-state index is -4.25. The molecule has 0 aromatic rings. The molecule has 1 N–H and O–H groups in total. The van der Waals surface area contributed by atoms with Gasteiger partial charge >= 0.3 is 0 Å². The zero-order valence-corrected chi connectivity index (χ0v) is 7.65. The topological polar surface area (TPSA) is 54.4 Å². The van der Waals surface area contributed by atoms with Gasteiger partial charge in [-0.15, -0.1) is 0 Å². The van der Waals surface area contributed by atoms with Crippen molar-refractivity contribution in [1.82, 2.24) is 0 Å². The molecular weight excluding hydrogens is 171 g/mol. The van der Waals surface area contributed by atoms with Gasteiger partial charge < -0.3 is 0 Å². The molecule has 0 saturated carbocycles. The summed E-state index contributed by atoms with van der Waals surface area (Å²) in [6.07, 6.45) is 0. The van der Waals surface area contributed by atoms with Crippen molar-refractivity contribution in [2.45, 2.75) is 26.0 Å². The lowest BCUT2D eigenvalue weighted by Gasteiger charge is -2.24. The van der Waals surface area contributed by atoms with Gasteiger partial charge in [-0.3, -0.25) is 4.55 Å². The molecule has 0 rings (SSSR count). The summed E-state index contributed by atoms with van der Waals surface area (Å²) in [6, 6.07) is 0. The van der Waals surface area contributed by atoms with Crippen LogP contribution in [0.25, 0.3) is 0 Å². The Morgan fingerprint density at radius 2 is 1.82 bits per heavy atom. The van der Waals surface area contributed by atoms with Gasteiger partial charge in [-0.05, 0) is 5.41 Å². The second-order valence-electron chi connectivity index (χ2n) is 3.52. The predicted octanol–water partition coefficient (Wildman–Crippen LogP) is 1.26. The van der Waals surface area contributed by atoms with Gasteiger partial charge in [-0.2, -0.15) is 8.42 Å². The molecule has 0 fully saturated rings. The first kappa shape index (κ1) is 10.8. The van der Waals surface area contributed by atoms with Gasteiger partial charge in [0, 0.05) is 0 Å². The molecule has 1 unspecified atom stereocenters. The fraction of sp³-hybridized carbons (Fsp3) is 1.00. The highest BCUT2D eigenvalue weighted by atomic mass is 32.2. The molecule has 5 heteroatoms. The van der Waals surface area contributed by atoms with Gasteiger partial charge in [0.05, 0.1) is 0 Å². The van der Waals surface area contributed by atoms with Gasteiger partial charge in [-0.25, -0.2) is 4.39 Å². The normalized spacial score (nSPS) is 16.5. The van der Waals surface area contributed by atoms with Crippen LogP contribution in [0.5, 0.6) is 0 Å². The summed E-state index contributed by atoms with van der Waals surface area (Å²) in [7, 11) is -4.25. The van der Waals surface area contributed by atoms with Crippen molar-refractivity contribution in [2.75, 3.05) is 6.67 Å². The maximum absolute atomic E-state index is 12.1. The molecular formula is C6H13FO3S. The van der Waals surface area contributed by atoms with E-state index in [1.165, 1.54) is 0 Å². The first-order chi connectivity index (χ1) is 4.69. The summed E-state index contributed by atoms with van der Waals surface area (Å²) >= 11 is 0. The highest BCUT2D eigenvalue weighted by molar-refractivity contribution is 7.86. The van der Waals surface area contributed by atoms with Crippen LogP contribution < -0.4 is 0 Å². The molecule has 3 nitrogen and oxygen atoms in total. The van der Waals surface area contributed by atoms with Crippen LogP contribution >= 0.6 is 0 Å². The minimum Gasteiger partial charge on any atom is -0.285 e. The summed E-state index contributed by atoms with van der Waals surface area (Å²) in [5.74, 6) is 0. The zero-order valence-electron chi connectivity index (χ0n) is 6.83. The third kappa shape index (κ3) is 3.16. The van der Waals surface area contributed by atoms with Gasteiger partial charge in [0.15, 0.2) is 0 Å². The second-order valence-corrected chi connectivity index (χ2v) is 5.12. The van der Waals surface area contributed by atoms with Crippen LogP contribution in [0.3, 0.4) is 0 Å². The van der Waals surface area contributed by atoms with Crippen molar-refractivity contribution in [1.29, 1.82) is 0 Å². The Morgan fingerprint density at radius 3 is 1.82 bits per heavy atom. The fourth-order valence-electron chi connectivity index (χ4n) is 0.758. The summed E-state index contributed by atoms with van der Waals surface area (Å²) in [4.78, 5) is 0. The van der Waals surface area contributed by atoms with E-state index >= 15 is 0 Å². The first-order valence-electron chi connectivity index (χ1n) is 3.22. The van der Waals surface area contributed by atoms with Crippen molar-refractivity contribution in [3.05, 3.63) is 0 Å². The second kappa shape index (κ2) is 3.06. The molecule has 0 saturated heterocycles. The Balaban J connectivity index is 4.72. The van der Waals surface area contributed by atoms with E-state index < -0.39 is 27.5 Å². The smallest absolute Gasteiger partial charge is 0.270 e. The monoisotopic (exact) mass is 184 g/mol. The number of hydrogen-bond acceptors (Lipinski definition) is 2.